The second-order valence-electron chi connectivity index (χ2n) is 6.93. The van der Waals surface area contributed by atoms with Gasteiger partial charge < -0.3 is 20.8 Å². The maximum Gasteiger partial charge on any atom is 0.238 e. The Morgan fingerprint density at radius 1 is 1.38 bits per heavy atom. The van der Waals surface area contributed by atoms with Crippen LogP contribution in [0, 0.1) is 0 Å². The lowest BCUT2D eigenvalue weighted by atomic mass is 9.95. The first-order chi connectivity index (χ1) is 14.0. The molecule has 29 heavy (non-hydrogen) atoms. The molecule has 0 saturated heterocycles. The van der Waals surface area contributed by atoms with Crippen LogP contribution < -0.4 is 10.6 Å². The standard InChI is InChI=1S/C19H21BrN6O3/c1-2-5-26-8-13-16(15-12-6-10(20)3-4-14(12)22-18(15)29)23-19(24-17(13)25-26)21-7-11(28)9-27/h3-4,6,8,11,15,27-28H,2,5,7,9H2,1H3,(H,22,29)(H,21,24,25). The Bertz CT molecular complexity index is 1070. The van der Waals surface area contributed by atoms with Crippen molar-refractivity contribution >= 4 is 44.5 Å². The lowest BCUT2D eigenvalue weighted by Gasteiger charge is -2.13. The summed E-state index contributed by atoms with van der Waals surface area (Å²) in [7, 11) is 0. The number of hydrogen-bond donors (Lipinski definition) is 4. The van der Waals surface area contributed by atoms with Crippen molar-refractivity contribution in [2.45, 2.75) is 31.9 Å². The van der Waals surface area contributed by atoms with Gasteiger partial charge in [-0.2, -0.15) is 10.1 Å². The maximum absolute atomic E-state index is 12.8. The van der Waals surface area contributed by atoms with Crippen molar-refractivity contribution in [1.29, 1.82) is 0 Å². The average Bonchev–Trinajstić information content (AvgIpc) is 3.25. The summed E-state index contributed by atoms with van der Waals surface area (Å²) in [6, 6.07) is 5.64. The zero-order valence-corrected chi connectivity index (χ0v) is 17.3. The van der Waals surface area contributed by atoms with Crippen LogP contribution >= 0.6 is 15.9 Å². The number of amides is 1. The molecule has 4 N–H and O–H groups in total. The molecule has 0 saturated carbocycles. The first-order valence-electron chi connectivity index (χ1n) is 9.38. The van der Waals surface area contributed by atoms with Crippen molar-refractivity contribution in [1.82, 2.24) is 19.7 Å². The maximum atomic E-state index is 12.8. The molecule has 10 heteroatoms. The van der Waals surface area contributed by atoms with Crippen LogP contribution in [-0.4, -0.2) is 55.1 Å². The van der Waals surface area contributed by atoms with Gasteiger partial charge >= 0.3 is 0 Å². The summed E-state index contributed by atoms with van der Waals surface area (Å²) in [6.45, 7) is 2.48. The van der Waals surface area contributed by atoms with Crippen LogP contribution in [-0.2, 0) is 11.3 Å². The highest BCUT2D eigenvalue weighted by atomic mass is 79.9. The molecule has 2 aromatic heterocycles. The summed E-state index contributed by atoms with van der Waals surface area (Å²) in [5.74, 6) is -0.517. The molecular weight excluding hydrogens is 440 g/mol. The van der Waals surface area contributed by atoms with Gasteiger partial charge in [0, 0.05) is 29.4 Å². The Balaban J connectivity index is 1.83. The lowest BCUT2D eigenvalue weighted by Crippen LogP contribution is -2.24. The normalized spacial score (nSPS) is 16.7. The minimum Gasteiger partial charge on any atom is -0.394 e. The third-order valence-electron chi connectivity index (χ3n) is 4.73. The fraction of sp³-hybridized carbons (Fsp3) is 0.368. The van der Waals surface area contributed by atoms with Crippen molar-refractivity contribution in [3.63, 3.8) is 0 Å². The molecule has 3 aromatic rings. The third kappa shape index (κ3) is 3.83. The summed E-state index contributed by atoms with van der Waals surface area (Å²) in [5, 5.41) is 29.7. The van der Waals surface area contributed by atoms with Crippen LogP contribution in [0.4, 0.5) is 11.6 Å². The number of carbonyl (C=O) groups is 1. The number of fused-ring (bicyclic) bond motifs is 2. The summed E-state index contributed by atoms with van der Waals surface area (Å²) >= 11 is 3.47. The van der Waals surface area contributed by atoms with Crippen LogP contribution in [0.1, 0.15) is 30.5 Å². The van der Waals surface area contributed by atoms with Crippen LogP contribution in [0.15, 0.2) is 28.9 Å². The molecule has 1 aliphatic rings. The van der Waals surface area contributed by atoms with E-state index in [9.17, 15) is 9.90 Å². The van der Waals surface area contributed by atoms with Crippen LogP contribution in [0.5, 0.6) is 0 Å². The number of aliphatic hydroxyl groups excluding tert-OH is 2. The third-order valence-corrected chi connectivity index (χ3v) is 5.23. The van der Waals surface area contributed by atoms with Gasteiger partial charge in [-0.05, 0) is 30.2 Å². The number of halogens is 1. The summed E-state index contributed by atoms with van der Waals surface area (Å²) in [4.78, 5) is 21.9. The number of rotatable bonds is 7. The lowest BCUT2D eigenvalue weighted by molar-refractivity contribution is -0.116. The topological polar surface area (TPSA) is 125 Å². The highest BCUT2D eigenvalue weighted by Crippen LogP contribution is 2.40. The second kappa shape index (κ2) is 8.05. The Kier molecular flexibility index (Phi) is 5.48. The van der Waals surface area contributed by atoms with Gasteiger partial charge in [0.2, 0.25) is 11.9 Å². The van der Waals surface area contributed by atoms with Gasteiger partial charge in [0.05, 0.1) is 23.8 Å². The van der Waals surface area contributed by atoms with Crippen molar-refractivity contribution in [3.05, 3.63) is 40.1 Å². The number of anilines is 2. The molecule has 1 aliphatic heterocycles. The highest BCUT2D eigenvalue weighted by molar-refractivity contribution is 9.10. The number of nitrogens with one attached hydrogen (secondary N) is 2. The summed E-state index contributed by atoms with van der Waals surface area (Å²) < 4.78 is 2.67. The largest absolute Gasteiger partial charge is 0.394 e. The fourth-order valence-electron chi connectivity index (χ4n) is 3.39. The minimum atomic E-state index is -0.943. The molecule has 1 aromatic carbocycles. The molecular formula is C19H21BrN6O3. The van der Waals surface area contributed by atoms with Crippen molar-refractivity contribution in [2.75, 3.05) is 23.8 Å². The molecule has 1 amide bonds. The summed E-state index contributed by atoms with van der Waals surface area (Å²) in [6.07, 6.45) is 1.83. The second-order valence-corrected chi connectivity index (χ2v) is 7.85. The molecule has 9 nitrogen and oxygen atoms in total. The van der Waals surface area contributed by atoms with Gasteiger partial charge in [-0.3, -0.25) is 9.48 Å². The number of aliphatic hydroxyl groups is 2. The SMILES string of the molecule is CCCn1cc2c(C3C(=O)Nc4ccc(Br)cc43)nc(NCC(O)CO)nc2n1. The number of nitrogens with zero attached hydrogens (tertiary/aromatic N) is 4. The van der Waals surface area contributed by atoms with Gasteiger partial charge in [0.15, 0.2) is 5.65 Å². The zero-order chi connectivity index (χ0) is 20.5. The molecule has 0 radical (unpaired) electrons. The average molecular weight is 461 g/mol. The number of aromatic nitrogens is 4. The number of carbonyl (C=O) groups excluding carboxylic acids is 1. The van der Waals surface area contributed by atoms with Gasteiger partial charge in [-0.15, -0.1) is 0 Å². The Labute approximate surface area is 175 Å². The van der Waals surface area contributed by atoms with Gasteiger partial charge in [-0.1, -0.05) is 22.9 Å². The van der Waals surface area contributed by atoms with E-state index in [2.05, 4.69) is 48.6 Å². The number of benzene rings is 1. The van der Waals surface area contributed by atoms with E-state index < -0.39 is 12.0 Å². The van der Waals surface area contributed by atoms with Crippen molar-refractivity contribution < 1.29 is 15.0 Å². The van der Waals surface area contributed by atoms with Crippen LogP contribution in [0.3, 0.4) is 0 Å². The Morgan fingerprint density at radius 3 is 2.97 bits per heavy atom. The molecule has 0 bridgehead atoms. The van der Waals surface area contributed by atoms with E-state index in [0.717, 1.165) is 28.7 Å². The first kappa shape index (κ1) is 19.7. The van der Waals surface area contributed by atoms with Crippen LogP contribution in [0.2, 0.25) is 0 Å². The predicted octanol–water partition coefficient (Wildman–Crippen LogP) is 1.85. The molecule has 2 unspecified atom stereocenters. The van der Waals surface area contributed by atoms with Crippen molar-refractivity contribution in [3.8, 4) is 0 Å². The molecule has 0 aliphatic carbocycles. The number of hydrogen-bond acceptors (Lipinski definition) is 7. The molecule has 2 atom stereocenters. The van der Waals surface area contributed by atoms with E-state index in [1.807, 2.05) is 24.4 Å². The van der Waals surface area contributed by atoms with Gasteiger partial charge in [0.25, 0.3) is 0 Å². The van der Waals surface area contributed by atoms with E-state index in [-0.39, 0.29) is 25.0 Å². The van der Waals surface area contributed by atoms with Crippen LogP contribution in [0.25, 0.3) is 11.0 Å². The molecule has 0 fully saturated rings. The molecule has 4 rings (SSSR count). The summed E-state index contributed by atoms with van der Waals surface area (Å²) in [5.41, 5.74) is 2.60. The molecule has 0 spiro atoms. The molecule has 3 heterocycles. The minimum absolute atomic E-state index is 0.0795. The van der Waals surface area contributed by atoms with E-state index in [4.69, 9.17) is 5.11 Å². The highest BCUT2D eigenvalue weighted by Gasteiger charge is 2.35. The van der Waals surface area contributed by atoms with Crippen molar-refractivity contribution in [2.24, 2.45) is 0 Å². The zero-order valence-electron chi connectivity index (χ0n) is 15.8. The Hall–Kier alpha value is -2.56. The van der Waals surface area contributed by atoms with Gasteiger partial charge in [-0.25, -0.2) is 4.98 Å². The van der Waals surface area contributed by atoms with E-state index in [1.165, 1.54) is 0 Å². The van der Waals surface area contributed by atoms with E-state index in [0.29, 0.717) is 16.7 Å². The number of aryl methyl sites for hydroxylation is 1. The smallest absolute Gasteiger partial charge is 0.238 e. The monoisotopic (exact) mass is 460 g/mol. The predicted molar refractivity (Wildman–Crippen MR) is 112 cm³/mol. The quantitative estimate of drug-likeness (QED) is 0.423. The van der Waals surface area contributed by atoms with E-state index >= 15 is 0 Å². The van der Waals surface area contributed by atoms with E-state index in [1.54, 1.807) is 4.68 Å². The first-order valence-corrected chi connectivity index (χ1v) is 10.2. The van der Waals surface area contributed by atoms with Gasteiger partial charge in [0.1, 0.15) is 5.92 Å². The Morgan fingerprint density at radius 2 is 2.21 bits per heavy atom. The fourth-order valence-corrected chi connectivity index (χ4v) is 3.77. The molecule has 152 valence electrons.